The molecule has 0 saturated heterocycles. The first kappa shape index (κ1) is 15.1. The van der Waals surface area contributed by atoms with Crippen LogP contribution in [0.25, 0.3) is 0 Å². The molecule has 0 saturated carbocycles. The van der Waals surface area contributed by atoms with E-state index in [9.17, 15) is 0 Å². The molecule has 0 amide bonds. The molecular formula is C15H19N3S2. The summed E-state index contributed by atoms with van der Waals surface area (Å²) in [5, 5.41) is 2.11. The largest absolute Gasteiger partial charge is 0.388 e. The van der Waals surface area contributed by atoms with Gasteiger partial charge in [0.2, 0.25) is 0 Å². The van der Waals surface area contributed by atoms with Gasteiger partial charge in [0.1, 0.15) is 10.7 Å². The maximum atomic E-state index is 5.75. The summed E-state index contributed by atoms with van der Waals surface area (Å²) in [4.78, 5) is 8.41. The molecule has 20 heavy (non-hydrogen) atoms. The highest BCUT2D eigenvalue weighted by atomic mass is 32.1. The second-order valence-corrected chi connectivity index (χ2v) is 6.43. The molecule has 2 rings (SSSR count). The molecule has 0 aliphatic rings. The lowest BCUT2D eigenvalue weighted by Crippen LogP contribution is -2.30. The fourth-order valence-corrected chi connectivity index (χ4v) is 2.94. The van der Waals surface area contributed by atoms with Gasteiger partial charge in [0.25, 0.3) is 0 Å². The van der Waals surface area contributed by atoms with Gasteiger partial charge in [0, 0.05) is 30.2 Å². The van der Waals surface area contributed by atoms with E-state index in [4.69, 9.17) is 18.0 Å². The third kappa shape index (κ3) is 3.85. The number of nitrogens with two attached hydrogens (primary N) is 1. The second-order valence-electron chi connectivity index (χ2n) is 4.95. The zero-order chi connectivity index (χ0) is 14.5. The molecule has 0 radical (unpaired) electrons. The number of nitrogens with zero attached hydrogens (tertiary/aromatic N) is 2. The maximum absolute atomic E-state index is 5.75. The van der Waals surface area contributed by atoms with Crippen molar-refractivity contribution in [2.45, 2.75) is 33.0 Å². The Hall–Kier alpha value is -1.30. The van der Waals surface area contributed by atoms with Gasteiger partial charge in [-0.3, -0.25) is 9.88 Å². The number of aromatic nitrogens is 1. The highest BCUT2D eigenvalue weighted by molar-refractivity contribution is 7.80. The minimum Gasteiger partial charge on any atom is -0.388 e. The topological polar surface area (TPSA) is 42.2 Å². The molecule has 0 spiro atoms. The van der Waals surface area contributed by atoms with Crippen molar-refractivity contribution in [3.05, 3.63) is 52.0 Å². The van der Waals surface area contributed by atoms with E-state index in [0.717, 1.165) is 24.3 Å². The van der Waals surface area contributed by atoms with Gasteiger partial charge < -0.3 is 5.73 Å². The second kappa shape index (κ2) is 6.92. The van der Waals surface area contributed by atoms with Crippen LogP contribution in [-0.4, -0.2) is 20.9 Å². The summed E-state index contributed by atoms with van der Waals surface area (Å²) in [6.07, 6.45) is 1.73. The quantitative estimate of drug-likeness (QED) is 0.832. The number of hydrogen-bond donors (Lipinski definition) is 1. The Labute approximate surface area is 129 Å². The first-order valence-electron chi connectivity index (χ1n) is 6.58. The van der Waals surface area contributed by atoms with Crippen molar-refractivity contribution in [1.29, 1.82) is 0 Å². The molecular weight excluding hydrogens is 286 g/mol. The van der Waals surface area contributed by atoms with Crippen molar-refractivity contribution >= 4 is 28.5 Å². The molecule has 0 bridgehead atoms. The summed E-state index contributed by atoms with van der Waals surface area (Å²) in [5.74, 6) is 0. The molecule has 2 N–H and O–H groups in total. The number of hydrogen-bond acceptors (Lipinski definition) is 4. The SMILES string of the molecule is CC(C)N(Cc1cccs1)Cc1cccnc1C(N)=S. The Morgan fingerprint density at radius 3 is 2.75 bits per heavy atom. The number of thiocarbonyl (C=S) groups is 1. The summed E-state index contributed by atoms with van der Waals surface area (Å²) < 4.78 is 0. The molecule has 0 aliphatic heterocycles. The summed E-state index contributed by atoms with van der Waals surface area (Å²) in [7, 11) is 0. The van der Waals surface area contributed by atoms with Crippen molar-refractivity contribution in [2.24, 2.45) is 5.73 Å². The van der Waals surface area contributed by atoms with Gasteiger partial charge in [-0.2, -0.15) is 0 Å². The number of thiophene rings is 1. The van der Waals surface area contributed by atoms with E-state index in [1.54, 1.807) is 17.5 Å². The van der Waals surface area contributed by atoms with Crippen molar-refractivity contribution in [3.8, 4) is 0 Å². The number of pyridine rings is 1. The lowest BCUT2D eigenvalue weighted by atomic mass is 10.1. The van der Waals surface area contributed by atoms with Crippen LogP contribution in [0.15, 0.2) is 35.8 Å². The van der Waals surface area contributed by atoms with E-state index < -0.39 is 0 Å². The molecule has 5 heteroatoms. The van der Waals surface area contributed by atoms with Crippen molar-refractivity contribution in [1.82, 2.24) is 9.88 Å². The molecule has 0 unspecified atom stereocenters. The fourth-order valence-electron chi connectivity index (χ4n) is 2.03. The summed E-state index contributed by atoms with van der Waals surface area (Å²) in [6.45, 7) is 6.13. The molecule has 3 nitrogen and oxygen atoms in total. The van der Waals surface area contributed by atoms with Gasteiger partial charge in [0.15, 0.2) is 0 Å². The fraction of sp³-hybridized carbons (Fsp3) is 0.333. The Balaban J connectivity index is 2.18. The monoisotopic (exact) mass is 305 g/mol. The predicted molar refractivity (Wildman–Crippen MR) is 88.8 cm³/mol. The van der Waals surface area contributed by atoms with Gasteiger partial charge in [-0.05, 0) is 36.9 Å². The van der Waals surface area contributed by atoms with E-state index in [-0.39, 0.29) is 0 Å². The van der Waals surface area contributed by atoms with E-state index in [2.05, 4.69) is 41.2 Å². The Morgan fingerprint density at radius 1 is 1.35 bits per heavy atom. The average molecular weight is 305 g/mol. The summed E-state index contributed by atoms with van der Waals surface area (Å²) in [6, 6.07) is 8.67. The van der Waals surface area contributed by atoms with Crippen LogP contribution in [-0.2, 0) is 13.1 Å². The standard InChI is InChI=1S/C15H19N3S2/c1-11(2)18(10-13-6-4-8-20-13)9-12-5-3-7-17-14(12)15(16)19/h3-8,11H,9-10H2,1-2H3,(H2,16,19). The third-order valence-corrected chi connectivity index (χ3v) is 4.22. The Kier molecular flexibility index (Phi) is 5.23. The molecule has 0 atom stereocenters. The van der Waals surface area contributed by atoms with Crippen LogP contribution >= 0.6 is 23.6 Å². The van der Waals surface area contributed by atoms with E-state index >= 15 is 0 Å². The van der Waals surface area contributed by atoms with Gasteiger partial charge in [-0.25, -0.2) is 0 Å². The summed E-state index contributed by atoms with van der Waals surface area (Å²) in [5.41, 5.74) is 7.58. The highest BCUT2D eigenvalue weighted by Crippen LogP contribution is 2.17. The first-order valence-corrected chi connectivity index (χ1v) is 7.87. The van der Waals surface area contributed by atoms with Crippen LogP contribution in [0.5, 0.6) is 0 Å². The average Bonchev–Trinajstić information content (AvgIpc) is 2.91. The smallest absolute Gasteiger partial charge is 0.123 e. The maximum Gasteiger partial charge on any atom is 0.123 e. The zero-order valence-electron chi connectivity index (χ0n) is 11.7. The summed E-state index contributed by atoms with van der Waals surface area (Å²) >= 11 is 6.86. The van der Waals surface area contributed by atoms with Crippen molar-refractivity contribution in [2.75, 3.05) is 0 Å². The minimum atomic E-state index is 0.362. The van der Waals surface area contributed by atoms with Gasteiger partial charge in [-0.15, -0.1) is 11.3 Å². The molecule has 0 aliphatic carbocycles. The highest BCUT2D eigenvalue weighted by Gasteiger charge is 2.15. The molecule has 2 aromatic heterocycles. The third-order valence-electron chi connectivity index (χ3n) is 3.17. The van der Waals surface area contributed by atoms with Crippen molar-refractivity contribution < 1.29 is 0 Å². The van der Waals surface area contributed by atoms with E-state index in [0.29, 0.717) is 11.0 Å². The van der Waals surface area contributed by atoms with Crippen LogP contribution in [0.2, 0.25) is 0 Å². The molecule has 0 fully saturated rings. The molecule has 0 aromatic carbocycles. The van der Waals surface area contributed by atoms with Crippen LogP contribution in [0.4, 0.5) is 0 Å². The first-order chi connectivity index (χ1) is 9.58. The van der Waals surface area contributed by atoms with Crippen molar-refractivity contribution in [3.63, 3.8) is 0 Å². The Bertz CT molecular complexity index is 564. The zero-order valence-corrected chi connectivity index (χ0v) is 13.4. The van der Waals surface area contributed by atoms with Crippen LogP contribution in [0.3, 0.4) is 0 Å². The number of rotatable bonds is 6. The van der Waals surface area contributed by atoms with Gasteiger partial charge in [0.05, 0.1) is 0 Å². The van der Waals surface area contributed by atoms with E-state index in [1.165, 1.54) is 4.88 Å². The van der Waals surface area contributed by atoms with Crippen LogP contribution < -0.4 is 5.73 Å². The molecule has 2 aromatic rings. The Morgan fingerprint density at radius 2 is 2.15 bits per heavy atom. The van der Waals surface area contributed by atoms with Crippen LogP contribution in [0, 0.1) is 0 Å². The van der Waals surface area contributed by atoms with Crippen LogP contribution in [0.1, 0.15) is 30.0 Å². The molecule has 2 heterocycles. The van der Waals surface area contributed by atoms with E-state index in [1.807, 2.05) is 12.1 Å². The van der Waals surface area contributed by atoms with Gasteiger partial charge >= 0.3 is 0 Å². The lowest BCUT2D eigenvalue weighted by molar-refractivity contribution is 0.205. The minimum absolute atomic E-state index is 0.362. The molecule has 106 valence electrons. The lowest BCUT2D eigenvalue weighted by Gasteiger charge is -2.26. The predicted octanol–water partition coefficient (Wildman–Crippen LogP) is 3.19. The normalized spacial score (nSPS) is 11.2. The van der Waals surface area contributed by atoms with Gasteiger partial charge in [-0.1, -0.05) is 24.4 Å².